The van der Waals surface area contributed by atoms with Gasteiger partial charge >= 0.3 is 0 Å². The van der Waals surface area contributed by atoms with Gasteiger partial charge in [-0.15, -0.1) is 0 Å². The molecule has 8 heteroatoms. The number of nitrogens with one attached hydrogen (secondary N) is 1. The lowest BCUT2D eigenvalue weighted by atomic mass is 10.2. The minimum Gasteiger partial charge on any atom is -0.356 e. The Morgan fingerprint density at radius 2 is 2.07 bits per heavy atom. The van der Waals surface area contributed by atoms with Crippen molar-refractivity contribution >= 4 is 34.5 Å². The molecule has 0 spiro atoms. The maximum atomic E-state index is 11.8. The van der Waals surface area contributed by atoms with E-state index >= 15 is 0 Å². The van der Waals surface area contributed by atoms with Gasteiger partial charge in [-0.2, -0.15) is 5.10 Å². The fourth-order valence-electron chi connectivity index (χ4n) is 3.25. The van der Waals surface area contributed by atoms with Crippen LogP contribution < -0.4 is 10.2 Å². The average molecular weight is 391 g/mol. The van der Waals surface area contributed by atoms with Crippen molar-refractivity contribution in [1.82, 2.24) is 25.1 Å². The number of carbonyl (C=O) groups is 1. The van der Waals surface area contributed by atoms with Crippen molar-refractivity contribution in [2.45, 2.75) is 69.8 Å². The summed E-state index contributed by atoms with van der Waals surface area (Å²) in [6.07, 6.45) is 6.83. The first-order valence-electron chi connectivity index (χ1n) is 10.0. The molecule has 0 bridgehead atoms. The summed E-state index contributed by atoms with van der Waals surface area (Å²) in [6, 6.07) is 0. The van der Waals surface area contributed by atoms with Gasteiger partial charge in [-0.25, -0.2) is 14.6 Å². The Morgan fingerprint density at radius 1 is 1.30 bits per heavy atom. The number of nitrogens with zero attached hydrogens (tertiary/aromatic N) is 5. The maximum absolute atomic E-state index is 11.8. The molecule has 0 unspecified atom stereocenters. The summed E-state index contributed by atoms with van der Waals surface area (Å²) in [6.45, 7) is 9.65. The molecule has 7 nitrogen and oxygen atoms in total. The second-order valence-corrected chi connectivity index (χ2v) is 8.79. The Labute approximate surface area is 165 Å². The number of thioether (sulfide) groups is 1. The first-order chi connectivity index (χ1) is 13.1. The molecular formula is C19H30N6OS. The number of carbonyl (C=O) groups excluding carboxylic acids is 1. The monoisotopic (exact) mass is 390 g/mol. The number of aromatic nitrogens is 4. The molecule has 2 aromatic heterocycles. The zero-order chi connectivity index (χ0) is 19.2. The van der Waals surface area contributed by atoms with Gasteiger partial charge in [-0.05, 0) is 19.3 Å². The van der Waals surface area contributed by atoms with E-state index in [-0.39, 0.29) is 5.91 Å². The van der Waals surface area contributed by atoms with Crippen LogP contribution in [0.1, 0.15) is 52.9 Å². The van der Waals surface area contributed by atoms with Crippen molar-refractivity contribution in [1.29, 1.82) is 0 Å². The SMILES string of the molecule is CCCCC(=O)NCCn1ncc2c(N3CCCC3)nc(SC(C)C)nc21. The molecule has 1 saturated heterocycles. The predicted octanol–water partition coefficient (Wildman–Crippen LogP) is 3.23. The standard InChI is InChI=1S/C19H30N6OS/c1-4-5-8-16(26)20-9-12-25-18-15(13-21-25)17(24-10-6-7-11-24)22-19(23-18)27-14(2)3/h13-14H,4-12H2,1-3H3,(H,20,26). The van der Waals surface area contributed by atoms with Crippen LogP contribution in [0, 0.1) is 0 Å². The van der Waals surface area contributed by atoms with Gasteiger partial charge < -0.3 is 10.2 Å². The van der Waals surface area contributed by atoms with Crippen LogP contribution in [-0.2, 0) is 11.3 Å². The Kier molecular flexibility index (Phi) is 6.93. The number of hydrogen-bond acceptors (Lipinski definition) is 6. The topological polar surface area (TPSA) is 75.9 Å². The lowest BCUT2D eigenvalue weighted by Gasteiger charge is -2.18. The summed E-state index contributed by atoms with van der Waals surface area (Å²) in [5, 5.41) is 9.73. The highest BCUT2D eigenvalue weighted by Gasteiger charge is 2.21. The lowest BCUT2D eigenvalue weighted by Crippen LogP contribution is -2.27. The summed E-state index contributed by atoms with van der Waals surface area (Å²) in [5.41, 5.74) is 0.859. The molecule has 3 rings (SSSR count). The van der Waals surface area contributed by atoms with Crippen LogP contribution in [0.4, 0.5) is 5.82 Å². The number of amides is 1. The van der Waals surface area contributed by atoms with E-state index in [2.05, 4.69) is 36.1 Å². The van der Waals surface area contributed by atoms with E-state index in [1.54, 1.807) is 11.8 Å². The number of hydrogen-bond donors (Lipinski definition) is 1. The van der Waals surface area contributed by atoms with Crippen LogP contribution >= 0.6 is 11.8 Å². The molecule has 2 aromatic rings. The van der Waals surface area contributed by atoms with Gasteiger partial charge in [0.05, 0.1) is 18.1 Å². The van der Waals surface area contributed by atoms with Gasteiger partial charge in [0.25, 0.3) is 0 Å². The van der Waals surface area contributed by atoms with Crippen molar-refractivity contribution in [2.75, 3.05) is 24.5 Å². The van der Waals surface area contributed by atoms with Gasteiger partial charge in [0.2, 0.25) is 5.91 Å². The molecule has 0 aliphatic carbocycles. The van der Waals surface area contributed by atoms with Crippen molar-refractivity contribution < 1.29 is 4.79 Å². The molecular weight excluding hydrogens is 360 g/mol. The Morgan fingerprint density at radius 3 is 2.78 bits per heavy atom. The highest BCUT2D eigenvalue weighted by molar-refractivity contribution is 7.99. The third-order valence-corrected chi connectivity index (χ3v) is 5.47. The molecule has 3 heterocycles. The smallest absolute Gasteiger partial charge is 0.220 e. The minimum absolute atomic E-state index is 0.108. The molecule has 0 aromatic carbocycles. The van der Waals surface area contributed by atoms with Crippen molar-refractivity contribution in [3.63, 3.8) is 0 Å². The van der Waals surface area contributed by atoms with Crippen LogP contribution in [0.25, 0.3) is 11.0 Å². The predicted molar refractivity (Wildman–Crippen MR) is 110 cm³/mol. The number of fused-ring (bicyclic) bond motifs is 1. The zero-order valence-electron chi connectivity index (χ0n) is 16.6. The van der Waals surface area contributed by atoms with Crippen LogP contribution in [0.5, 0.6) is 0 Å². The summed E-state index contributed by atoms with van der Waals surface area (Å²) in [5.74, 6) is 1.11. The van der Waals surface area contributed by atoms with Crippen LogP contribution in [0.15, 0.2) is 11.4 Å². The van der Waals surface area contributed by atoms with E-state index in [1.807, 2.05) is 10.9 Å². The molecule has 1 amide bonds. The van der Waals surface area contributed by atoms with Gasteiger partial charge in [-0.3, -0.25) is 4.79 Å². The van der Waals surface area contributed by atoms with E-state index in [0.717, 1.165) is 47.9 Å². The number of anilines is 1. The Hall–Kier alpha value is -1.83. The Bertz CT molecular complexity index is 769. The van der Waals surface area contributed by atoms with E-state index in [4.69, 9.17) is 9.97 Å². The molecule has 0 saturated carbocycles. The molecule has 148 valence electrons. The van der Waals surface area contributed by atoms with Gasteiger partial charge in [0.1, 0.15) is 5.82 Å². The fraction of sp³-hybridized carbons (Fsp3) is 0.684. The van der Waals surface area contributed by atoms with E-state index in [1.165, 1.54) is 12.8 Å². The van der Waals surface area contributed by atoms with Gasteiger partial charge in [0, 0.05) is 31.3 Å². The summed E-state index contributed by atoms with van der Waals surface area (Å²) < 4.78 is 1.89. The Balaban J connectivity index is 1.79. The molecule has 1 fully saturated rings. The first kappa shape index (κ1) is 19.9. The quantitative estimate of drug-likeness (QED) is 0.523. The minimum atomic E-state index is 0.108. The van der Waals surface area contributed by atoms with Gasteiger partial charge in [-0.1, -0.05) is 39.0 Å². The molecule has 1 aliphatic heterocycles. The second kappa shape index (κ2) is 9.39. The summed E-state index contributed by atoms with van der Waals surface area (Å²) in [4.78, 5) is 23.8. The van der Waals surface area contributed by atoms with E-state index in [0.29, 0.717) is 24.8 Å². The van der Waals surface area contributed by atoms with Gasteiger partial charge in [0.15, 0.2) is 10.8 Å². The van der Waals surface area contributed by atoms with Crippen molar-refractivity contribution in [3.8, 4) is 0 Å². The highest BCUT2D eigenvalue weighted by atomic mass is 32.2. The van der Waals surface area contributed by atoms with E-state index in [9.17, 15) is 4.79 Å². The summed E-state index contributed by atoms with van der Waals surface area (Å²) >= 11 is 1.68. The third-order valence-electron chi connectivity index (χ3n) is 4.61. The molecule has 1 aliphatic rings. The summed E-state index contributed by atoms with van der Waals surface area (Å²) in [7, 11) is 0. The molecule has 27 heavy (non-hydrogen) atoms. The molecule has 1 N–H and O–H groups in total. The average Bonchev–Trinajstić information content (AvgIpc) is 3.29. The molecule has 0 radical (unpaired) electrons. The lowest BCUT2D eigenvalue weighted by molar-refractivity contribution is -0.121. The largest absolute Gasteiger partial charge is 0.356 e. The zero-order valence-corrected chi connectivity index (χ0v) is 17.4. The third kappa shape index (κ3) is 5.12. The van der Waals surface area contributed by atoms with Crippen LogP contribution in [-0.4, -0.2) is 50.5 Å². The normalized spacial score (nSPS) is 14.4. The fourth-order valence-corrected chi connectivity index (χ4v) is 3.95. The molecule has 0 atom stereocenters. The van der Waals surface area contributed by atoms with Crippen LogP contribution in [0.2, 0.25) is 0 Å². The number of rotatable bonds is 9. The van der Waals surface area contributed by atoms with Crippen molar-refractivity contribution in [3.05, 3.63) is 6.20 Å². The second-order valence-electron chi connectivity index (χ2n) is 7.25. The highest BCUT2D eigenvalue weighted by Crippen LogP contribution is 2.30. The van der Waals surface area contributed by atoms with Crippen molar-refractivity contribution in [2.24, 2.45) is 0 Å². The van der Waals surface area contributed by atoms with E-state index < -0.39 is 0 Å². The number of unbranched alkanes of at least 4 members (excludes halogenated alkanes) is 1. The van der Waals surface area contributed by atoms with Crippen LogP contribution in [0.3, 0.4) is 0 Å². The maximum Gasteiger partial charge on any atom is 0.220 e. The first-order valence-corrected chi connectivity index (χ1v) is 10.9.